The Kier molecular flexibility index (Phi) is 24.3. The van der Waals surface area contributed by atoms with Crippen molar-refractivity contribution in [1.29, 1.82) is 0 Å². The summed E-state index contributed by atoms with van der Waals surface area (Å²) in [4.78, 5) is 11.7. The molecule has 0 heterocycles. The zero-order valence-electron chi connectivity index (χ0n) is 23.4. The molecule has 0 N–H and O–H groups in total. The van der Waals surface area contributed by atoms with E-state index in [0.29, 0.717) is 25.2 Å². The second-order valence-electron chi connectivity index (χ2n) is 9.90. The zero-order valence-corrected chi connectivity index (χ0v) is 25.0. The maximum absolute atomic E-state index is 11.7. The summed E-state index contributed by atoms with van der Waals surface area (Å²) in [7, 11) is 0. The van der Waals surface area contributed by atoms with Crippen LogP contribution in [0.3, 0.4) is 0 Å². The molecular formula is C31H53BrO5. The molecule has 0 fully saturated rings. The molecule has 0 unspecified atom stereocenters. The molecule has 0 aliphatic rings. The lowest BCUT2D eigenvalue weighted by molar-refractivity contribution is -0.0617. The third-order valence-corrected chi connectivity index (χ3v) is 6.78. The number of rotatable bonds is 26. The fourth-order valence-corrected chi connectivity index (χ4v) is 4.39. The molecule has 0 radical (unpaired) electrons. The molecule has 37 heavy (non-hydrogen) atoms. The SMILES string of the molecule is CCCCCCCCCCCCCCCCCCOC[C@H](COC(=O)OCCBr)OCc1ccccc1. The maximum atomic E-state index is 11.7. The maximum Gasteiger partial charge on any atom is 0.508 e. The van der Waals surface area contributed by atoms with E-state index in [-0.39, 0.29) is 19.3 Å². The van der Waals surface area contributed by atoms with Gasteiger partial charge in [-0.1, -0.05) is 149 Å². The van der Waals surface area contributed by atoms with Gasteiger partial charge >= 0.3 is 6.16 Å². The molecule has 1 atom stereocenters. The van der Waals surface area contributed by atoms with Crippen LogP contribution in [0.15, 0.2) is 30.3 Å². The van der Waals surface area contributed by atoms with Gasteiger partial charge in [0.15, 0.2) is 0 Å². The van der Waals surface area contributed by atoms with Crippen LogP contribution in [0.4, 0.5) is 4.79 Å². The smallest absolute Gasteiger partial charge is 0.433 e. The zero-order chi connectivity index (χ0) is 26.7. The number of halogens is 1. The summed E-state index contributed by atoms with van der Waals surface area (Å²) in [5.74, 6) is 0. The molecule has 1 aromatic carbocycles. The quantitative estimate of drug-likeness (QED) is 0.0616. The summed E-state index contributed by atoms with van der Waals surface area (Å²) < 4.78 is 21.9. The number of alkyl halides is 1. The summed E-state index contributed by atoms with van der Waals surface area (Å²) in [6, 6.07) is 9.97. The van der Waals surface area contributed by atoms with Gasteiger partial charge in [0, 0.05) is 11.9 Å². The van der Waals surface area contributed by atoms with Gasteiger partial charge in [0.2, 0.25) is 0 Å². The molecule has 0 bridgehead atoms. The van der Waals surface area contributed by atoms with Crippen LogP contribution < -0.4 is 0 Å². The summed E-state index contributed by atoms with van der Waals surface area (Å²) >= 11 is 3.22. The highest BCUT2D eigenvalue weighted by Gasteiger charge is 2.14. The van der Waals surface area contributed by atoms with E-state index in [2.05, 4.69) is 22.9 Å². The molecule has 5 nitrogen and oxygen atoms in total. The van der Waals surface area contributed by atoms with E-state index < -0.39 is 6.16 Å². The van der Waals surface area contributed by atoms with Crippen LogP contribution in [-0.4, -0.2) is 44.0 Å². The Bertz CT molecular complexity index is 613. The molecule has 0 saturated heterocycles. The van der Waals surface area contributed by atoms with Gasteiger partial charge in [-0.15, -0.1) is 0 Å². The van der Waals surface area contributed by atoms with Crippen LogP contribution in [-0.2, 0) is 25.6 Å². The van der Waals surface area contributed by atoms with Crippen molar-refractivity contribution in [2.45, 2.75) is 122 Å². The molecular weight excluding hydrogens is 532 g/mol. The van der Waals surface area contributed by atoms with Crippen LogP contribution in [0.25, 0.3) is 0 Å². The third kappa shape index (κ3) is 22.6. The number of ether oxygens (including phenoxy) is 4. The van der Waals surface area contributed by atoms with Crippen LogP contribution in [0, 0.1) is 0 Å². The molecule has 6 heteroatoms. The number of unbranched alkanes of at least 4 members (excludes halogenated alkanes) is 15. The summed E-state index contributed by atoms with van der Waals surface area (Å²) in [6.07, 6.45) is 20.7. The van der Waals surface area contributed by atoms with E-state index >= 15 is 0 Å². The minimum Gasteiger partial charge on any atom is -0.433 e. The highest BCUT2D eigenvalue weighted by atomic mass is 79.9. The highest BCUT2D eigenvalue weighted by molar-refractivity contribution is 9.09. The van der Waals surface area contributed by atoms with Crippen molar-refractivity contribution in [3.63, 3.8) is 0 Å². The van der Waals surface area contributed by atoms with Crippen LogP contribution >= 0.6 is 15.9 Å². The second kappa shape index (κ2) is 26.5. The number of carbonyl (C=O) groups excluding carboxylic acids is 1. The van der Waals surface area contributed by atoms with E-state index in [1.807, 2.05) is 30.3 Å². The molecule has 1 aromatic rings. The Morgan fingerprint density at radius 2 is 1.24 bits per heavy atom. The Hall–Kier alpha value is -1.11. The van der Waals surface area contributed by atoms with Gasteiger partial charge in [-0.25, -0.2) is 4.79 Å². The third-order valence-electron chi connectivity index (χ3n) is 6.46. The first-order chi connectivity index (χ1) is 18.3. The van der Waals surface area contributed by atoms with Gasteiger partial charge in [-0.3, -0.25) is 0 Å². The van der Waals surface area contributed by atoms with E-state index in [4.69, 9.17) is 18.9 Å². The number of hydrogen-bond donors (Lipinski definition) is 0. The van der Waals surface area contributed by atoms with Crippen molar-refractivity contribution >= 4 is 22.1 Å². The predicted molar refractivity (Wildman–Crippen MR) is 156 cm³/mol. The molecule has 214 valence electrons. The molecule has 0 aliphatic carbocycles. The fraction of sp³-hybridized carbons (Fsp3) is 0.774. The lowest BCUT2D eigenvalue weighted by atomic mass is 10.0. The molecule has 1 rings (SSSR count). The largest absolute Gasteiger partial charge is 0.508 e. The van der Waals surface area contributed by atoms with Crippen molar-refractivity contribution in [3.8, 4) is 0 Å². The van der Waals surface area contributed by atoms with E-state index in [0.717, 1.165) is 12.0 Å². The van der Waals surface area contributed by atoms with Crippen molar-refractivity contribution in [2.75, 3.05) is 31.8 Å². The molecule has 0 aromatic heterocycles. The lowest BCUT2D eigenvalue weighted by Crippen LogP contribution is -2.28. The first-order valence-corrected chi connectivity index (χ1v) is 16.0. The van der Waals surface area contributed by atoms with Crippen LogP contribution in [0.2, 0.25) is 0 Å². The molecule has 0 saturated carbocycles. The minimum atomic E-state index is -0.675. The standard InChI is InChI=1S/C31H53BrO5/c1-2-3-4-5-6-7-8-9-10-11-12-13-14-15-16-20-24-34-27-30(28-37-31(33)35-25-23-32)36-26-29-21-18-17-19-22-29/h17-19,21-22,30H,2-16,20,23-28H2,1H3/t30-/m1/s1. The monoisotopic (exact) mass is 584 g/mol. The summed E-state index contributed by atoms with van der Waals surface area (Å²) in [5, 5.41) is 0.582. The predicted octanol–water partition coefficient (Wildman–Crippen LogP) is 9.40. The van der Waals surface area contributed by atoms with Crippen LogP contribution in [0.1, 0.15) is 115 Å². The number of hydrogen-bond acceptors (Lipinski definition) is 5. The fourth-order valence-electron chi connectivity index (χ4n) is 4.22. The van der Waals surface area contributed by atoms with Gasteiger partial charge < -0.3 is 18.9 Å². The van der Waals surface area contributed by atoms with E-state index in [1.165, 1.54) is 96.3 Å². The summed E-state index contributed by atoms with van der Waals surface area (Å²) in [6.45, 7) is 4.24. The Morgan fingerprint density at radius 3 is 1.78 bits per heavy atom. The first-order valence-electron chi connectivity index (χ1n) is 14.8. The van der Waals surface area contributed by atoms with Crippen molar-refractivity contribution < 1.29 is 23.7 Å². The van der Waals surface area contributed by atoms with E-state index in [9.17, 15) is 4.79 Å². The molecule has 0 amide bonds. The van der Waals surface area contributed by atoms with Crippen molar-refractivity contribution in [3.05, 3.63) is 35.9 Å². The van der Waals surface area contributed by atoms with Gasteiger partial charge in [0.25, 0.3) is 0 Å². The van der Waals surface area contributed by atoms with Crippen molar-refractivity contribution in [1.82, 2.24) is 0 Å². The van der Waals surface area contributed by atoms with Crippen molar-refractivity contribution in [2.24, 2.45) is 0 Å². The lowest BCUT2D eigenvalue weighted by Gasteiger charge is -2.18. The van der Waals surface area contributed by atoms with Gasteiger partial charge in [-0.05, 0) is 12.0 Å². The molecule has 0 spiro atoms. The topological polar surface area (TPSA) is 54.0 Å². The number of benzene rings is 1. The first kappa shape index (κ1) is 33.9. The average Bonchev–Trinajstić information content (AvgIpc) is 2.92. The molecule has 0 aliphatic heterocycles. The van der Waals surface area contributed by atoms with Gasteiger partial charge in [-0.2, -0.15) is 0 Å². The Balaban J connectivity index is 2.00. The Morgan fingerprint density at radius 1 is 0.703 bits per heavy atom. The van der Waals surface area contributed by atoms with Crippen LogP contribution in [0.5, 0.6) is 0 Å². The summed E-state index contributed by atoms with van der Waals surface area (Å²) in [5.41, 5.74) is 1.08. The minimum absolute atomic E-state index is 0.118. The number of carbonyl (C=O) groups is 1. The van der Waals surface area contributed by atoms with Gasteiger partial charge in [0.1, 0.15) is 19.3 Å². The van der Waals surface area contributed by atoms with Gasteiger partial charge in [0.05, 0.1) is 13.2 Å². The van der Waals surface area contributed by atoms with E-state index in [1.54, 1.807) is 0 Å². The highest BCUT2D eigenvalue weighted by Crippen LogP contribution is 2.14. The normalized spacial score (nSPS) is 11.9. The average molecular weight is 586 g/mol. The second-order valence-corrected chi connectivity index (χ2v) is 10.7. The Labute approximate surface area is 235 Å².